The number of halogens is 1. The molecule has 0 fully saturated rings. The summed E-state index contributed by atoms with van der Waals surface area (Å²) in [5, 5.41) is 19.9. The molecule has 0 bridgehead atoms. The van der Waals surface area contributed by atoms with Gasteiger partial charge in [-0.2, -0.15) is 0 Å². The van der Waals surface area contributed by atoms with Gasteiger partial charge in [-0.1, -0.05) is 36.4 Å². The molecule has 0 aliphatic heterocycles. The zero-order chi connectivity index (χ0) is 18.1. The third-order valence-corrected chi connectivity index (χ3v) is 4.37. The largest absolute Gasteiger partial charge is 0.394 e. The van der Waals surface area contributed by atoms with Crippen LogP contribution in [0.25, 0.3) is 11.0 Å². The van der Waals surface area contributed by atoms with E-state index < -0.39 is 30.3 Å². The lowest BCUT2D eigenvalue weighted by atomic mass is 10.0. The van der Waals surface area contributed by atoms with E-state index in [4.69, 9.17) is 0 Å². The Morgan fingerprint density at radius 1 is 1.04 bits per heavy atom. The number of hydrogen-bond donors (Lipinski definition) is 2. The molecule has 0 radical (unpaired) electrons. The number of aliphatic hydroxyl groups is 2. The van der Waals surface area contributed by atoms with E-state index in [1.165, 1.54) is 15.2 Å². The summed E-state index contributed by atoms with van der Waals surface area (Å²) in [6, 6.07) is 12.3. The molecule has 1 heterocycles. The Bertz CT molecular complexity index is 931. The second kappa shape index (κ2) is 6.82. The van der Waals surface area contributed by atoms with Crippen molar-refractivity contribution < 1.29 is 14.6 Å². The average Bonchev–Trinajstić information content (AvgIpc) is 2.89. The first-order chi connectivity index (χ1) is 12.0. The Morgan fingerprint density at radius 3 is 2.32 bits per heavy atom. The number of benzene rings is 2. The van der Waals surface area contributed by atoms with Crippen molar-refractivity contribution in [1.82, 2.24) is 9.13 Å². The van der Waals surface area contributed by atoms with Crippen LogP contribution in [0.15, 0.2) is 53.3 Å². The minimum atomic E-state index is -1.24. The maximum atomic E-state index is 14.6. The fourth-order valence-electron chi connectivity index (χ4n) is 3.30. The zero-order valence-corrected chi connectivity index (χ0v) is 14.1. The van der Waals surface area contributed by atoms with Gasteiger partial charge in [0.2, 0.25) is 0 Å². The summed E-state index contributed by atoms with van der Waals surface area (Å²) in [5.74, 6) is -0.542. The highest BCUT2D eigenvalue weighted by Crippen LogP contribution is 2.28. The molecule has 0 unspecified atom stereocenters. The summed E-state index contributed by atoms with van der Waals surface area (Å²) in [5.41, 5.74) is 0.794. The van der Waals surface area contributed by atoms with Gasteiger partial charge in [0, 0.05) is 6.04 Å². The maximum absolute atomic E-state index is 14.6. The van der Waals surface area contributed by atoms with Crippen molar-refractivity contribution in [3.63, 3.8) is 0 Å². The van der Waals surface area contributed by atoms with Crippen LogP contribution >= 0.6 is 0 Å². The fraction of sp³-hybridized carbons (Fsp3) is 0.316. The Kier molecular flexibility index (Phi) is 4.74. The van der Waals surface area contributed by atoms with E-state index in [1.807, 2.05) is 19.9 Å². The zero-order valence-electron chi connectivity index (χ0n) is 14.1. The number of aliphatic hydroxyl groups excluding tert-OH is 2. The topological polar surface area (TPSA) is 67.4 Å². The quantitative estimate of drug-likeness (QED) is 0.747. The van der Waals surface area contributed by atoms with Gasteiger partial charge in [-0.15, -0.1) is 0 Å². The third kappa shape index (κ3) is 2.88. The molecule has 0 aliphatic carbocycles. The summed E-state index contributed by atoms with van der Waals surface area (Å²) in [7, 11) is 0. The van der Waals surface area contributed by atoms with Crippen LogP contribution in [0.4, 0.5) is 4.39 Å². The minimum absolute atomic E-state index is 0.127. The van der Waals surface area contributed by atoms with Crippen LogP contribution in [0.1, 0.15) is 31.5 Å². The van der Waals surface area contributed by atoms with Crippen LogP contribution in [0.5, 0.6) is 0 Å². The molecule has 3 rings (SSSR count). The lowest BCUT2D eigenvalue weighted by Gasteiger charge is -2.23. The van der Waals surface area contributed by atoms with E-state index in [-0.39, 0.29) is 11.6 Å². The van der Waals surface area contributed by atoms with Gasteiger partial charge in [0.1, 0.15) is 17.4 Å². The SMILES string of the molecule is CC(C)n1c(=O)n([C@@H](c2ccccc2)[C@H](O)CO)c2c(F)cccc21. The smallest absolute Gasteiger partial charge is 0.330 e. The van der Waals surface area contributed by atoms with Crippen molar-refractivity contribution in [3.8, 4) is 0 Å². The number of fused-ring (bicyclic) bond motifs is 1. The molecule has 0 spiro atoms. The summed E-state index contributed by atoms with van der Waals surface area (Å²) < 4.78 is 17.4. The first-order valence-electron chi connectivity index (χ1n) is 8.22. The maximum Gasteiger partial charge on any atom is 0.330 e. The van der Waals surface area contributed by atoms with Crippen LogP contribution in [-0.4, -0.2) is 32.1 Å². The molecule has 0 saturated carbocycles. The van der Waals surface area contributed by atoms with Crippen molar-refractivity contribution in [3.05, 3.63) is 70.4 Å². The molecule has 2 atom stereocenters. The first-order valence-corrected chi connectivity index (χ1v) is 8.22. The summed E-state index contributed by atoms with van der Waals surface area (Å²) >= 11 is 0. The van der Waals surface area contributed by atoms with Gasteiger partial charge in [-0.05, 0) is 31.5 Å². The van der Waals surface area contributed by atoms with E-state index in [0.717, 1.165) is 0 Å². The Labute approximate surface area is 144 Å². The Morgan fingerprint density at radius 2 is 1.72 bits per heavy atom. The van der Waals surface area contributed by atoms with Gasteiger partial charge in [-0.25, -0.2) is 9.18 Å². The summed E-state index contributed by atoms with van der Waals surface area (Å²) in [6.45, 7) is 3.14. The molecule has 132 valence electrons. The minimum Gasteiger partial charge on any atom is -0.394 e. The third-order valence-electron chi connectivity index (χ3n) is 4.37. The van der Waals surface area contributed by atoms with Crippen LogP contribution < -0.4 is 5.69 Å². The van der Waals surface area contributed by atoms with Gasteiger partial charge in [0.15, 0.2) is 0 Å². The van der Waals surface area contributed by atoms with Crippen LogP contribution in [-0.2, 0) is 0 Å². The highest BCUT2D eigenvalue weighted by atomic mass is 19.1. The summed E-state index contributed by atoms with van der Waals surface area (Å²) in [4.78, 5) is 13.1. The van der Waals surface area contributed by atoms with Crippen molar-refractivity contribution in [2.45, 2.75) is 32.0 Å². The molecule has 0 amide bonds. The van der Waals surface area contributed by atoms with Gasteiger partial charge in [-0.3, -0.25) is 9.13 Å². The highest BCUT2D eigenvalue weighted by Gasteiger charge is 2.29. The molecule has 0 saturated heterocycles. The lowest BCUT2D eigenvalue weighted by molar-refractivity contribution is 0.0639. The van der Waals surface area contributed by atoms with Crippen LogP contribution in [0.3, 0.4) is 0 Å². The molecular formula is C19H21FN2O3. The number of para-hydroxylation sites is 1. The lowest BCUT2D eigenvalue weighted by Crippen LogP contribution is -2.36. The van der Waals surface area contributed by atoms with Gasteiger partial charge >= 0.3 is 5.69 Å². The predicted octanol–water partition coefficient (Wildman–Crippen LogP) is 2.47. The van der Waals surface area contributed by atoms with Crippen LogP contribution in [0.2, 0.25) is 0 Å². The molecule has 5 nitrogen and oxygen atoms in total. The molecule has 0 aliphatic rings. The normalized spacial score (nSPS) is 14.2. The van der Waals surface area contributed by atoms with Crippen molar-refractivity contribution in [2.75, 3.05) is 6.61 Å². The standard InChI is InChI=1S/C19H21FN2O3/c1-12(2)21-15-10-6-9-14(20)18(15)22(19(21)25)17(16(24)11-23)13-7-4-3-5-8-13/h3-10,12,16-17,23-24H,11H2,1-2H3/t16-,17+/m1/s1. The van der Waals surface area contributed by atoms with Gasteiger partial charge < -0.3 is 10.2 Å². The van der Waals surface area contributed by atoms with E-state index in [2.05, 4.69) is 0 Å². The molecule has 3 aromatic rings. The number of nitrogens with zero attached hydrogens (tertiary/aromatic N) is 2. The van der Waals surface area contributed by atoms with E-state index >= 15 is 0 Å². The van der Waals surface area contributed by atoms with Crippen molar-refractivity contribution >= 4 is 11.0 Å². The number of imidazole rings is 1. The average molecular weight is 344 g/mol. The highest BCUT2D eigenvalue weighted by molar-refractivity contribution is 5.77. The Hall–Kier alpha value is -2.44. The van der Waals surface area contributed by atoms with Crippen molar-refractivity contribution in [1.29, 1.82) is 0 Å². The molecule has 2 aromatic carbocycles. The summed E-state index contributed by atoms with van der Waals surface area (Å²) in [6.07, 6.45) is -1.24. The number of aromatic nitrogens is 2. The molecule has 2 N–H and O–H groups in total. The molecule has 25 heavy (non-hydrogen) atoms. The Balaban J connectivity index is 2.40. The number of hydrogen-bond acceptors (Lipinski definition) is 3. The first kappa shape index (κ1) is 17.4. The van der Waals surface area contributed by atoms with E-state index in [0.29, 0.717) is 11.1 Å². The van der Waals surface area contributed by atoms with Gasteiger partial charge in [0.25, 0.3) is 0 Å². The molecular weight excluding hydrogens is 323 g/mol. The predicted molar refractivity (Wildman–Crippen MR) is 94.2 cm³/mol. The number of rotatable bonds is 5. The molecule has 1 aromatic heterocycles. The second-order valence-electron chi connectivity index (χ2n) is 6.33. The monoisotopic (exact) mass is 344 g/mol. The van der Waals surface area contributed by atoms with Gasteiger partial charge in [0.05, 0.1) is 18.2 Å². The van der Waals surface area contributed by atoms with E-state index in [9.17, 15) is 19.4 Å². The second-order valence-corrected chi connectivity index (χ2v) is 6.33. The fourth-order valence-corrected chi connectivity index (χ4v) is 3.30. The van der Waals surface area contributed by atoms with Crippen LogP contribution in [0, 0.1) is 5.82 Å². The molecule has 6 heteroatoms. The van der Waals surface area contributed by atoms with E-state index in [1.54, 1.807) is 36.4 Å². The van der Waals surface area contributed by atoms with Crippen molar-refractivity contribution in [2.24, 2.45) is 0 Å².